The van der Waals surface area contributed by atoms with Crippen LogP contribution in [0.25, 0.3) is 5.69 Å². The normalized spacial score (nSPS) is 14.6. The van der Waals surface area contributed by atoms with Gasteiger partial charge in [0.25, 0.3) is 0 Å². The van der Waals surface area contributed by atoms with Crippen LogP contribution in [0.4, 0.5) is 11.5 Å². The molecule has 0 radical (unpaired) electrons. The van der Waals surface area contributed by atoms with Gasteiger partial charge in [-0.1, -0.05) is 0 Å². The molecule has 158 valence electrons. The fourth-order valence-electron chi connectivity index (χ4n) is 3.10. The van der Waals surface area contributed by atoms with E-state index in [0.717, 1.165) is 24.5 Å². The van der Waals surface area contributed by atoms with E-state index in [2.05, 4.69) is 30.2 Å². The number of morpholine rings is 1. The lowest BCUT2D eigenvalue weighted by atomic mass is 10.3. The van der Waals surface area contributed by atoms with Crippen LogP contribution >= 0.6 is 0 Å². The Labute approximate surface area is 174 Å². The van der Waals surface area contributed by atoms with Gasteiger partial charge in [-0.3, -0.25) is 0 Å². The second-order valence-electron chi connectivity index (χ2n) is 6.67. The van der Waals surface area contributed by atoms with E-state index in [4.69, 9.17) is 4.74 Å². The molecule has 30 heavy (non-hydrogen) atoms. The third-order valence-electron chi connectivity index (χ3n) is 4.66. The maximum absolute atomic E-state index is 12.5. The summed E-state index contributed by atoms with van der Waals surface area (Å²) in [5.74, 6) is 0.599. The Morgan fingerprint density at radius 2 is 1.87 bits per heavy atom. The average molecular weight is 430 g/mol. The molecular formula is C19H23N7O3S. The molecule has 1 fully saturated rings. The van der Waals surface area contributed by atoms with Gasteiger partial charge in [-0.25, -0.2) is 17.8 Å². The van der Waals surface area contributed by atoms with Crippen molar-refractivity contribution in [2.75, 3.05) is 49.6 Å². The Morgan fingerprint density at radius 1 is 1.07 bits per heavy atom. The SMILES string of the molecule is O=S(=O)(NCCNc1cc(N2CCOCC2)cnn1)c1ccc(-n2cccn2)cc1. The Hall–Kier alpha value is -3.02. The molecule has 0 amide bonds. The Bertz CT molecular complexity index is 1050. The van der Waals surface area contributed by atoms with E-state index < -0.39 is 10.0 Å². The molecular weight excluding hydrogens is 406 g/mol. The predicted octanol–water partition coefficient (Wildman–Crippen LogP) is 0.889. The van der Waals surface area contributed by atoms with Crippen LogP contribution in [0, 0.1) is 0 Å². The first kappa shape index (κ1) is 20.3. The minimum absolute atomic E-state index is 0.201. The number of nitrogens with zero attached hydrogens (tertiary/aromatic N) is 5. The van der Waals surface area contributed by atoms with Crippen molar-refractivity contribution in [1.82, 2.24) is 24.7 Å². The third-order valence-corrected chi connectivity index (χ3v) is 6.13. The second kappa shape index (κ2) is 9.20. The molecule has 1 saturated heterocycles. The van der Waals surface area contributed by atoms with Crippen molar-refractivity contribution in [1.29, 1.82) is 0 Å². The molecule has 0 saturated carbocycles. The third kappa shape index (κ3) is 4.93. The summed E-state index contributed by atoms with van der Waals surface area (Å²) in [5, 5.41) is 15.3. The molecule has 4 rings (SSSR count). The minimum atomic E-state index is -3.60. The number of ether oxygens (including phenoxy) is 1. The summed E-state index contributed by atoms with van der Waals surface area (Å²) in [6.45, 7) is 3.60. The van der Waals surface area contributed by atoms with Gasteiger partial charge in [-0.2, -0.15) is 10.2 Å². The lowest BCUT2D eigenvalue weighted by molar-refractivity contribution is 0.122. The number of hydrogen-bond acceptors (Lipinski definition) is 8. The standard InChI is InChI=1S/C19H23N7O3S/c27-30(28,18-4-2-16(3-5-18)26-9-1-6-22-26)23-8-7-20-19-14-17(15-21-24-19)25-10-12-29-13-11-25/h1-6,9,14-15,23H,7-8,10-13H2,(H,20,24). The van der Waals surface area contributed by atoms with E-state index in [1.54, 1.807) is 53.6 Å². The van der Waals surface area contributed by atoms with E-state index >= 15 is 0 Å². The van der Waals surface area contributed by atoms with Crippen molar-refractivity contribution in [3.8, 4) is 5.69 Å². The molecule has 11 heteroatoms. The summed E-state index contributed by atoms with van der Waals surface area (Å²) in [6.07, 6.45) is 5.18. The van der Waals surface area contributed by atoms with Crippen LogP contribution in [0.15, 0.2) is 59.9 Å². The fraction of sp³-hybridized carbons (Fsp3) is 0.316. The smallest absolute Gasteiger partial charge is 0.240 e. The van der Waals surface area contributed by atoms with Gasteiger partial charge in [-0.15, -0.1) is 5.10 Å². The molecule has 2 aromatic heterocycles. The van der Waals surface area contributed by atoms with Gasteiger partial charge in [0.2, 0.25) is 10.0 Å². The lowest BCUT2D eigenvalue weighted by Gasteiger charge is -2.28. The molecule has 1 aromatic carbocycles. The summed E-state index contributed by atoms with van der Waals surface area (Å²) < 4.78 is 34.6. The Morgan fingerprint density at radius 3 is 2.60 bits per heavy atom. The molecule has 0 unspecified atom stereocenters. The predicted molar refractivity (Wildman–Crippen MR) is 112 cm³/mol. The molecule has 3 aromatic rings. The van der Waals surface area contributed by atoms with E-state index in [0.29, 0.717) is 25.6 Å². The topological polar surface area (TPSA) is 114 Å². The van der Waals surface area contributed by atoms with Gasteiger partial charge in [0, 0.05) is 44.6 Å². The highest BCUT2D eigenvalue weighted by Crippen LogP contribution is 2.17. The van der Waals surface area contributed by atoms with Crippen LogP contribution in [0.2, 0.25) is 0 Å². The largest absolute Gasteiger partial charge is 0.378 e. The first-order chi connectivity index (χ1) is 14.6. The monoisotopic (exact) mass is 429 g/mol. The van der Waals surface area contributed by atoms with Crippen molar-refractivity contribution in [3.05, 3.63) is 55.0 Å². The highest BCUT2D eigenvalue weighted by Gasteiger charge is 2.14. The van der Waals surface area contributed by atoms with Crippen LogP contribution in [0.3, 0.4) is 0 Å². The first-order valence-electron chi connectivity index (χ1n) is 9.61. The highest BCUT2D eigenvalue weighted by molar-refractivity contribution is 7.89. The van der Waals surface area contributed by atoms with Crippen LogP contribution in [0.1, 0.15) is 0 Å². The van der Waals surface area contributed by atoms with Gasteiger partial charge in [0.1, 0.15) is 0 Å². The molecule has 10 nitrogen and oxygen atoms in total. The number of benzene rings is 1. The van der Waals surface area contributed by atoms with E-state index in [9.17, 15) is 8.42 Å². The summed E-state index contributed by atoms with van der Waals surface area (Å²) in [7, 11) is -3.60. The summed E-state index contributed by atoms with van der Waals surface area (Å²) >= 11 is 0. The van der Waals surface area contributed by atoms with E-state index in [1.165, 1.54) is 0 Å². The number of rotatable bonds is 8. The number of nitrogens with one attached hydrogen (secondary N) is 2. The minimum Gasteiger partial charge on any atom is -0.378 e. The molecule has 0 bridgehead atoms. The van der Waals surface area contributed by atoms with E-state index in [1.807, 2.05) is 6.07 Å². The molecule has 2 N–H and O–H groups in total. The van der Waals surface area contributed by atoms with Crippen molar-refractivity contribution in [3.63, 3.8) is 0 Å². The Kier molecular flexibility index (Phi) is 6.21. The Balaban J connectivity index is 1.29. The van der Waals surface area contributed by atoms with Crippen LogP contribution in [0.5, 0.6) is 0 Å². The van der Waals surface area contributed by atoms with E-state index in [-0.39, 0.29) is 11.4 Å². The summed E-state index contributed by atoms with van der Waals surface area (Å²) in [5.41, 5.74) is 1.76. The van der Waals surface area contributed by atoms with Crippen molar-refractivity contribution in [2.45, 2.75) is 4.90 Å². The van der Waals surface area contributed by atoms with Crippen molar-refractivity contribution < 1.29 is 13.2 Å². The number of aromatic nitrogens is 4. The van der Waals surface area contributed by atoms with Gasteiger partial charge >= 0.3 is 0 Å². The number of anilines is 2. The van der Waals surface area contributed by atoms with Gasteiger partial charge < -0.3 is 15.0 Å². The fourth-order valence-corrected chi connectivity index (χ4v) is 4.13. The zero-order valence-corrected chi connectivity index (χ0v) is 17.1. The number of hydrogen-bond donors (Lipinski definition) is 2. The first-order valence-corrected chi connectivity index (χ1v) is 11.1. The maximum Gasteiger partial charge on any atom is 0.240 e. The highest BCUT2D eigenvalue weighted by atomic mass is 32.2. The summed E-state index contributed by atoms with van der Waals surface area (Å²) in [6, 6.07) is 10.3. The van der Waals surface area contributed by atoms with Gasteiger partial charge in [0.05, 0.1) is 35.7 Å². The van der Waals surface area contributed by atoms with Crippen LogP contribution in [-0.2, 0) is 14.8 Å². The maximum atomic E-state index is 12.5. The molecule has 0 aliphatic carbocycles. The van der Waals surface area contributed by atoms with Gasteiger partial charge in [0.15, 0.2) is 5.82 Å². The number of sulfonamides is 1. The molecule has 0 atom stereocenters. The lowest BCUT2D eigenvalue weighted by Crippen LogP contribution is -2.36. The average Bonchev–Trinajstić information content (AvgIpc) is 3.33. The van der Waals surface area contributed by atoms with Crippen LogP contribution in [-0.4, -0.2) is 67.8 Å². The van der Waals surface area contributed by atoms with Crippen molar-refractivity contribution >= 4 is 21.5 Å². The zero-order chi connectivity index (χ0) is 20.8. The quantitative estimate of drug-likeness (QED) is 0.508. The molecule has 0 spiro atoms. The molecule has 3 heterocycles. The van der Waals surface area contributed by atoms with Crippen LogP contribution < -0.4 is 14.9 Å². The van der Waals surface area contributed by atoms with Crippen molar-refractivity contribution in [2.24, 2.45) is 0 Å². The molecule has 1 aliphatic rings. The van der Waals surface area contributed by atoms with Gasteiger partial charge in [-0.05, 0) is 30.3 Å². The molecule has 1 aliphatic heterocycles. The second-order valence-corrected chi connectivity index (χ2v) is 8.43. The zero-order valence-electron chi connectivity index (χ0n) is 16.3. The summed E-state index contributed by atoms with van der Waals surface area (Å²) in [4.78, 5) is 2.38.